The number of nitrogens with one attached hydrogen (secondary N) is 1. The number of piperidine rings is 1. The van der Waals surface area contributed by atoms with Gasteiger partial charge in [-0.05, 0) is 34.8 Å². The summed E-state index contributed by atoms with van der Waals surface area (Å²) in [6.45, 7) is 0.811. The number of carboxylic acids is 1. The first-order valence-corrected chi connectivity index (χ1v) is 8.60. The van der Waals surface area contributed by atoms with Crippen LogP contribution in [0.4, 0.5) is 0 Å². The summed E-state index contributed by atoms with van der Waals surface area (Å²) in [4.78, 5) is 28.6. The minimum Gasteiger partial charge on any atom is -0.480 e. The van der Waals surface area contributed by atoms with Crippen LogP contribution in [0.1, 0.15) is 18.5 Å². The summed E-state index contributed by atoms with van der Waals surface area (Å²) in [7, 11) is 1.37. The molecule has 0 bridgehead atoms. The number of carboxylic acid groups (broad SMARTS) is 1. The summed E-state index contributed by atoms with van der Waals surface area (Å²) in [5, 5.41) is 10.6. The average Bonchev–Trinajstić information content (AvgIpc) is 2.90. The lowest BCUT2D eigenvalue weighted by Crippen LogP contribution is -2.49. The lowest BCUT2D eigenvalue weighted by Gasteiger charge is -2.36. The first-order chi connectivity index (χ1) is 11.5. The molecule has 1 fully saturated rings. The van der Waals surface area contributed by atoms with Crippen LogP contribution in [0.2, 0.25) is 0 Å². The number of carbonyl (C=O) groups is 2. The van der Waals surface area contributed by atoms with Gasteiger partial charge in [-0.25, -0.2) is 0 Å². The quantitative estimate of drug-likeness (QED) is 0.778. The van der Waals surface area contributed by atoms with Gasteiger partial charge in [-0.2, -0.15) is 0 Å². The Labute approximate surface area is 147 Å². The van der Waals surface area contributed by atoms with Gasteiger partial charge in [0.15, 0.2) is 0 Å². The Morgan fingerprint density at radius 2 is 2.12 bits per heavy atom. The summed E-state index contributed by atoms with van der Waals surface area (Å²) in [6.07, 6.45) is 0.973. The second-order valence-corrected chi connectivity index (χ2v) is 6.84. The van der Waals surface area contributed by atoms with Gasteiger partial charge in [0.1, 0.15) is 6.04 Å². The zero-order valence-electron chi connectivity index (χ0n) is 13.3. The van der Waals surface area contributed by atoms with Crippen molar-refractivity contribution < 1.29 is 19.4 Å². The number of halogens is 1. The number of fused-ring (bicyclic) bond motifs is 1. The highest BCUT2D eigenvalue weighted by Crippen LogP contribution is 2.31. The van der Waals surface area contributed by atoms with E-state index in [1.165, 1.54) is 7.11 Å². The van der Waals surface area contributed by atoms with Gasteiger partial charge in [0, 0.05) is 34.2 Å². The molecule has 0 aliphatic carbocycles. The molecule has 2 aromatic rings. The van der Waals surface area contributed by atoms with Crippen LogP contribution >= 0.6 is 15.9 Å². The van der Waals surface area contributed by atoms with Crippen LogP contribution in [0, 0.1) is 5.92 Å². The molecule has 0 spiro atoms. The van der Waals surface area contributed by atoms with Gasteiger partial charge in [-0.3, -0.25) is 14.5 Å². The van der Waals surface area contributed by atoms with Gasteiger partial charge < -0.3 is 14.8 Å². The molecule has 2 heterocycles. The number of hydrogen-bond acceptors (Lipinski definition) is 4. The van der Waals surface area contributed by atoms with E-state index in [1.54, 1.807) is 0 Å². The van der Waals surface area contributed by atoms with Crippen molar-refractivity contribution in [2.75, 3.05) is 13.7 Å². The smallest absolute Gasteiger partial charge is 0.320 e. The van der Waals surface area contributed by atoms with Crippen LogP contribution in [0.25, 0.3) is 10.9 Å². The van der Waals surface area contributed by atoms with Crippen LogP contribution in [0.15, 0.2) is 28.7 Å². The highest BCUT2D eigenvalue weighted by molar-refractivity contribution is 9.10. The SMILES string of the molecule is COC(=O)C1CCC(C(=O)O)N(Cc2[nH]c3ccccc3c2Br)C1. The van der Waals surface area contributed by atoms with Crippen molar-refractivity contribution in [3.05, 3.63) is 34.4 Å². The number of aromatic nitrogens is 1. The van der Waals surface area contributed by atoms with Gasteiger partial charge in [-0.15, -0.1) is 0 Å². The summed E-state index contributed by atoms with van der Waals surface area (Å²) in [5.74, 6) is -1.42. The normalized spacial score (nSPS) is 21.8. The fourth-order valence-corrected chi connectivity index (χ4v) is 3.90. The predicted octanol–water partition coefficient (Wildman–Crippen LogP) is 2.77. The Kier molecular flexibility index (Phi) is 4.91. The molecule has 1 aromatic heterocycles. The van der Waals surface area contributed by atoms with E-state index >= 15 is 0 Å². The fraction of sp³-hybridized carbons (Fsp3) is 0.412. The van der Waals surface area contributed by atoms with Gasteiger partial charge in [-0.1, -0.05) is 18.2 Å². The Bertz CT molecular complexity index is 773. The third-order valence-corrected chi connectivity index (χ3v) is 5.48. The van der Waals surface area contributed by atoms with Crippen molar-refractivity contribution in [3.63, 3.8) is 0 Å². The lowest BCUT2D eigenvalue weighted by molar-refractivity contribution is -0.153. The van der Waals surface area contributed by atoms with E-state index in [4.69, 9.17) is 4.74 Å². The number of hydrogen-bond donors (Lipinski definition) is 2. The molecular formula is C17H19BrN2O4. The molecule has 2 atom stereocenters. The third kappa shape index (κ3) is 3.18. The minimum atomic E-state index is -0.856. The number of nitrogens with zero attached hydrogens (tertiary/aromatic N) is 1. The topological polar surface area (TPSA) is 82.6 Å². The number of methoxy groups -OCH3 is 1. The Hall–Kier alpha value is -1.86. The molecule has 1 saturated heterocycles. The molecule has 1 aliphatic rings. The molecular weight excluding hydrogens is 376 g/mol. The van der Waals surface area contributed by atoms with Crippen molar-refractivity contribution in [1.29, 1.82) is 0 Å². The van der Waals surface area contributed by atoms with E-state index in [0.29, 0.717) is 25.9 Å². The number of benzene rings is 1. The maximum atomic E-state index is 11.8. The lowest BCUT2D eigenvalue weighted by atomic mass is 9.92. The number of likely N-dealkylation sites (tertiary alicyclic amines) is 1. The Morgan fingerprint density at radius 3 is 2.79 bits per heavy atom. The first-order valence-electron chi connectivity index (χ1n) is 7.81. The zero-order chi connectivity index (χ0) is 17.3. The Balaban J connectivity index is 1.86. The minimum absolute atomic E-state index is 0.278. The number of aliphatic carboxylic acids is 1. The van der Waals surface area contributed by atoms with Crippen molar-refractivity contribution >= 4 is 38.8 Å². The monoisotopic (exact) mass is 394 g/mol. The molecule has 2 unspecified atom stereocenters. The van der Waals surface area contributed by atoms with E-state index in [0.717, 1.165) is 21.1 Å². The van der Waals surface area contributed by atoms with Crippen molar-refractivity contribution in [2.24, 2.45) is 5.92 Å². The summed E-state index contributed by atoms with van der Waals surface area (Å²) < 4.78 is 5.76. The largest absolute Gasteiger partial charge is 0.480 e. The molecule has 1 aliphatic heterocycles. The number of aromatic amines is 1. The van der Waals surface area contributed by atoms with Gasteiger partial charge >= 0.3 is 11.9 Å². The van der Waals surface area contributed by atoms with Crippen LogP contribution < -0.4 is 0 Å². The number of rotatable bonds is 4. The fourth-order valence-electron chi connectivity index (χ4n) is 3.33. The highest BCUT2D eigenvalue weighted by atomic mass is 79.9. The third-order valence-electron chi connectivity index (χ3n) is 4.58. The van der Waals surface area contributed by atoms with Crippen LogP contribution in [-0.2, 0) is 20.9 Å². The molecule has 128 valence electrons. The molecule has 24 heavy (non-hydrogen) atoms. The second-order valence-electron chi connectivity index (χ2n) is 6.04. The van der Waals surface area contributed by atoms with E-state index < -0.39 is 12.0 Å². The van der Waals surface area contributed by atoms with Crippen molar-refractivity contribution in [1.82, 2.24) is 9.88 Å². The van der Waals surface area contributed by atoms with Gasteiger partial charge in [0.05, 0.1) is 13.0 Å². The van der Waals surface area contributed by atoms with E-state index in [2.05, 4.69) is 20.9 Å². The molecule has 7 heteroatoms. The molecule has 0 radical (unpaired) electrons. The highest BCUT2D eigenvalue weighted by Gasteiger charge is 2.36. The number of para-hydroxylation sites is 1. The summed E-state index contributed by atoms with van der Waals surface area (Å²) in [5.41, 5.74) is 1.90. The molecule has 3 rings (SSSR count). The molecule has 0 amide bonds. The number of H-pyrrole nitrogens is 1. The van der Waals surface area contributed by atoms with Gasteiger partial charge in [0.25, 0.3) is 0 Å². The van der Waals surface area contributed by atoms with Crippen LogP contribution in [0.3, 0.4) is 0 Å². The Morgan fingerprint density at radius 1 is 1.38 bits per heavy atom. The number of carbonyl (C=O) groups excluding carboxylic acids is 1. The summed E-state index contributed by atoms with van der Waals surface area (Å²) >= 11 is 3.60. The molecule has 1 aromatic carbocycles. The van der Waals surface area contributed by atoms with E-state index in [-0.39, 0.29) is 11.9 Å². The summed E-state index contributed by atoms with van der Waals surface area (Å²) in [6, 6.07) is 7.29. The zero-order valence-corrected chi connectivity index (χ0v) is 14.9. The predicted molar refractivity (Wildman–Crippen MR) is 92.6 cm³/mol. The second kappa shape index (κ2) is 6.94. The average molecular weight is 395 g/mol. The number of esters is 1. The van der Waals surface area contributed by atoms with Crippen molar-refractivity contribution in [2.45, 2.75) is 25.4 Å². The molecule has 2 N–H and O–H groups in total. The molecule has 6 nitrogen and oxygen atoms in total. The maximum absolute atomic E-state index is 11.8. The maximum Gasteiger partial charge on any atom is 0.320 e. The molecule has 0 saturated carbocycles. The van der Waals surface area contributed by atoms with Gasteiger partial charge in [0.2, 0.25) is 0 Å². The van der Waals surface area contributed by atoms with E-state index in [1.807, 2.05) is 29.2 Å². The van der Waals surface area contributed by atoms with E-state index in [9.17, 15) is 14.7 Å². The van der Waals surface area contributed by atoms with Crippen LogP contribution in [-0.4, -0.2) is 46.6 Å². The van der Waals surface area contributed by atoms with Crippen molar-refractivity contribution in [3.8, 4) is 0 Å². The standard InChI is InChI=1S/C17H19BrN2O4/c1-24-17(23)10-6-7-14(16(21)22)20(8-10)9-13-15(18)11-4-2-3-5-12(11)19-13/h2-5,10,14,19H,6-9H2,1H3,(H,21,22). The van der Waals surface area contributed by atoms with Crippen LogP contribution in [0.5, 0.6) is 0 Å². The first kappa shape index (κ1) is 17.0. The number of ether oxygens (including phenoxy) is 1.